The van der Waals surface area contributed by atoms with Crippen molar-refractivity contribution in [3.63, 3.8) is 0 Å². The molecule has 1 unspecified atom stereocenters. The zero-order valence-corrected chi connectivity index (χ0v) is 13.8. The molecule has 1 saturated heterocycles. The van der Waals surface area contributed by atoms with E-state index in [0.717, 1.165) is 46.8 Å². The van der Waals surface area contributed by atoms with E-state index in [0.29, 0.717) is 5.92 Å². The lowest BCUT2D eigenvalue weighted by atomic mass is 9.95. The number of halogens is 1. The van der Waals surface area contributed by atoms with E-state index in [9.17, 15) is 0 Å². The molecular weight excluding hydrogens is 308 g/mol. The molecule has 3 heterocycles. The van der Waals surface area contributed by atoms with Gasteiger partial charge in [0.1, 0.15) is 5.82 Å². The largest absolute Gasteiger partial charge is 0.356 e. The Morgan fingerprint density at radius 1 is 1.22 bits per heavy atom. The highest BCUT2D eigenvalue weighted by Gasteiger charge is 2.23. The van der Waals surface area contributed by atoms with E-state index in [1.54, 1.807) is 0 Å². The van der Waals surface area contributed by atoms with Crippen molar-refractivity contribution < 1.29 is 0 Å². The number of piperidine rings is 1. The molecule has 1 aromatic carbocycles. The molecule has 23 heavy (non-hydrogen) atoms. The van der Waals surface area contributed by atoms with Crippen LogP contribution in [0.1, 0.15) is 30.0 Å². The van der Waals surface area contributed by atoms with Gasteiger partial charge in [-0.05, 0) is 49.6 Å². The number of aryl methyl sites for hydroxylation is 1. The molecule has 0 bridgehead atoms. The summed E-state index contributed by atoms with van der Waals surface area (Å²) in [5, 5.41) is 9.11. The lowest BCUT2D eigenvalue weighted by molar-refractivity contribution is 0.498. The first-order valence-electron chi connectivity index (χ1n) is 8.02. The first kappa shape index (κ1) is 14.5. The predicted molar refractivity (Wildman–Crippen MR) is 94.3 cm³/mol. The fraction of sp³-hybridized carbons (Fsp3) is 0.333. The van der Waals surface area contributed by atoms with Gasteiger partial charge in [-0.25, -0.2) is 4.98 Å². The zero-order valence-electron chi connectivity index (χ0n) is 13.1. The summed E-state index contributed by atoms with van der Waals surface area (Å²) >= 11 is 6.25. The average molecular weight is 327 g/mol. The smallest absolute Gasteiger partial charge is 0.129 e. The molecule has 2 aromatic heterocycles. The molecule has 118 valence electrons. The van der Waals surface area contributed by atoms with Gasteiger partial charge in [0.15, 0.2) is 0 Å². The Morgan fingerprint density at radius 2 is 2.09 bits per heavy atom. The van der Waals surface area contributed by atoms with Crippen LogP contribution in [-0.4, -0.2) is 28.3 Å². The fourth-order valence-corrected chi connectivity index (χ4v) is 3.56. The summed E-state index contributed by atoms with van der Waals surface area (Å²) in [6.07, 6.45) is 4.18. The quantitative estimate of drug-likeness (QED) is 0.763. The summed E-state index contributed by atoms with van der Waals surface area (Å²) in [5.74, 6) is 1.52. The van der Waals surface area contributed by atoms with Crippen molar-refractivity contribution in [2.24, 2.45) is 0 Å². The van der Waals surface area contributed by atoms with Crippen molar-refractivity contribution in [1.82, 2.24) is 15.2 Å². The van der Waals surface area contributed by atoms with Crippen LogP contribution in [0.2, 0.25) is 5.02 Å². The lowest BCUT2D eigenvalue weighted by Gasteiger charge is -2.33. The third kappa shape index (κ3) is 2.68. The highest BCUT2D eigenvalue weighted by Crippen LogP contribution is 2.30. The molecule has 4 nitrogen and oxygen atoms in total. The normalized spacial score (nSPS) is 18.5. The molecule has 0 aliphatic carbocycles. The number of benzene rings is 1. The number of nitrogens with one attached hydrogen (secondary N) is 1. The molecule has 4 rings (SSSR count). The minimum atomic E-state index is 0.490. The van der Waals surface area contributed by atoms with Gasteiger partial charge in [-0.2, -0.15) is 5.10 Å². The van der Waals surface area contributed by atoms with E-state index in [1.807, 2.05) is 25.3 Å². The monoisotopic (exact) mass is 326 g/mol. The maximum absolute atomic E-state index is 6.25. The first-order chi connectivity index (χ1) is 11.2. The van der Waals surface area contributed by atoms with E-state index in [1.165, 1.54) is 12.1 Å². The van der Waals surface area contributed by atoms with Gasteiger partial charge in [-0.1, -0.05) is 17.7 Å². The van der Waals surface area contributed by atoms with Gasteiger partial charge in [0.25, 0.3) is 0 Å². The minimum absolute atomic E-state index is 0.490. The van der Waals surface area contributed by atoms with E-state index < -0.39 is 0 Å². The predicted octanol–water partition coefficient (Wildman–Crippen LogP) is 4.30. The Bertz CT molecular complexity index is 828. The fourth-order valence-electron chi connectivity index (χ4n) is 3.40. The molecule has 0 saturated carbocycles. The number of fused-ring (bicyclic) bond motifs is 1. The summed E-state index contributed by atoms with van der Waals surface area (Å²) in [5.41, 5.74) is 3.27. The van der Waals surface area contributed by atoms with E-state index >= 15 is 0 Å². The second kappa shape index (κ2) is 5.85. The molecule has 0 amide bonds. The Balaban J connectivity index is 1.67. The van der Waals surface area contributed by atoms with Gasteiger partial charge < -0.3 is 4.90 Å². The van der Waals surface area contributed by atoms with Crippen molar-refractivity contribution in [3.8, 4) is 0 Å². The highest BCUT2D eigenvalue weighted by atomic mass is 35.5. The first-order valence-corrected chi connectivity index (χ1v) is 8.40. The Kier molecular flexibility index (Phi) is 3.69. The molecular formula is C18H19ClN4. The number of anilines is 1. The number of rotatable bonds is 2. The lowest BCUT2D eigenvalue weighted by Crippen LogP contribution is -2.35. The van der Waals surface area contributed by atoms with Gasteiger partial charge in [0.2, 0.25) is 0 Å². The molecule has 1 aliphatic heterocycles. The number of aromatic nitrogens is 3. The second-order valence-electron chi connectivity index (χ2n) is 6.21. The van der Waals surface area contributed by atoms with Gasteiger partial charge in [-0.15, -0.1) is 0 Å². The summed E-state index contributed by atoms with van der Waals surface area (Å²) in [6, 6.07) is 10.3. The SMILES string of the molecule is Cc1c(Cl)ccc2ccc(N3CCCC(c4ccn[nH]4)C3)nc12. The number of nitrogens with zero attached hydrogens (tertiary/aromatic N) is 3. The summed E-state index contributed by atoms with van der Waals surface area (Å²) in [4.78, 5) is 7.26. The Labute approximate surface area is 140 Å². The van der Waals surface area contributed by atoms with Crippen LogP contribution < -0.4 is 4.90 Å². The van der Waals surface area contributed by atoms with Crippen LogP contribution in [0.15, 0.2) is 36.5 Å². The van der Waals surface area contributed by atoms with Crippen molar-refractivity contribution >= 4 is 28.3 Å². The third-order valence-electron chi connectivity index (χ3n) is 4.74. The summed E-state index contributed by atoms with van der Waals surface area (Å²) in [6.45, 7) is 4.05. The van der Waals surface area contributed by atoms with Gasteiger partial charge in [0.05, 0.1) is 5.52 Å². The van der Waals surface area contributed by atoms with Crippen molar-refractivity contribution in [2.45, 2.75) is 25.7 Å². The molecule has 1 atom stereocenters. The number of aromatic amines is 1. The number of pyridine rings is 1. The van der Waals surface area contributed by atoms with Crippen LogP contribution in [0.25, 0.3) is 10.9 Å². The van der Waals surface area contributed by atoms with Gasteiger partial charge in [0, 0.05) is 41.3 Å². The maximum Gasteiger partial charge on any atom is 0.129 e. The maximum atomic E-state index is 6.25. The van der Waals surface area contributed by atoms with E-state index in [4.69, 9.17) is 16.6 Å². The zero-order chi connectivity index (χ0) is 15.8. The van der Waals surface area contributed by atoms with Crippen LogP contribution in [0, 0.1) is 6.92 Å². The van der Waals surface area contributed by atoms with Crippen LogP contribution >= 0.6 is 11.6 Å². The van der Waals surface area contributed by atoms with Gasteiger partial charge in [-0.3, -0.25) is 5.10 Å². The second-order valence-corrected chi connectivity index (χ2v) is 6.62. The molecule has 1 fully saturated rings. The van der Waals surface area contributed by atoms with Crippen molar-refractivity contribution in [3.05, 3.63) is 52.8 Å². The summed E-state index contributed by atoms with van der Waals surface area (Å²) in [7, 11) is 0. The topological polar surface area (TPSA) is 44.8 Å². The van der Waals surface area contributed by atoms with Crippen molar-refractivity contribution in [1.29, 1.82) is 0 Å². The minimum Gasteiger partial charge on any atom is -0.356 e. The molecule has 5 heteroatoms. The van der Waals surface area contributed by atoms with Crippen LogP contribution in [0.4, 0.5) is 5.82 Å². The number of H-pyrrole nitrogens is 1. The third-order valence-corrected chi connectivity index (χ3v) is 5.15. The number of hydrogen-bond acceptors (Lipinski definition) is 3. The molecule has 1 aliphatic rings. The highest BCUT2D eigenvalue weighted by molar-refractivity contribution is 6.32. The average Bonchev–Trinajstić information content (AvgIpc) is 3.13. The number of hydrogen-bond donors (Lipinski definition) is 1. The van der Waals surface area contributed by atoms with Crippen LogP contribution in [0.5, 0.6) is 0 Å². The van der Waals surface area contributed by atoms with Gasteiger partial charge >= 0.3 is 0 Å². The van der Waals surface area contributed by atoms with Crippen molar-refractivity contribution in [2.75, 3.05) is 18.0 Å². The Morgan fingerprint density at radius 3 is 2.91 bits per heavy atom. The van der Waals surface area contributed by atoms with Crippen LogP contribution in [-0.2, 0) is 0 Å². The summed E-state index contributed by atoms with van der Waals surface area (Å²) < 4.78 is 0. The standard InChI is InChI=1S/C18H19ClN4/c1-12-15(19)6-4-13-5-7-17(21-18(12)13)23-10-2-3-14(11-23)16-8-9-20-22-16/h4-9,14H,2-3,10-11H2,1H3,(H,20,22). The Hall–Kier alpha value is -2.07. The molecule has 0 spiro atoms. The van der Waals surface area contributed by atoms with E-state index in [2.05, 4.69) is 33.3 Å². The molecule has 3 aromatic rings. The van der Waals surface area contributed by atoms with Crippen LogP contribution in [0.3, 0.4) is 0 Å². The molecule has 0 radical (unpaired) electrons. The molecule has 1 N–H and O–H groups in total. The van der Waals surface area contributed by atoms with E-state index in [-0.39, 0.29) is 0 Å².